The Morgan fingerprint density at radius 2 is 1.10 bits per heavy atom. The van der Waals surface area contributed by atoms with Gasteiger partial charge in [0.2, 0.25) is 0 Å². The molecule has 0 unspecified atom stereocenters. The first-order valence-electron chi connectivity index (χ1n) is 9.54. The number of nitrogens with one attached hydrogen (secondary N) is 4. The minimum absolute atomic E-state index is 0.207. The molecule has 0 aliphatic carbocycles. The van der Waals surface area contributed by atoms with E-state index >= 15 is 0 Å². The fraction of sp³-hybridized carbons (Fsp3) is 0. The number of aromatic nitrogens is 2. The van der Waals surface area contributed by atoms with Crippen LogP contribution in [0.2, 0.25) is 0 Å². The highest BCUT2D eigenvalue weighted by Crippen LogP contribution is 2.32. The van der Waals surface area contributed by atoms with Crippen molar-refractivity contribution in [1.29, 1.82) is 0 Å². The SMILES string of the molecule is O=C(Nc1cccc2cc3cccc(NC(=O)c4ccc[nH]4)c3cc12)c1ccc[nH]1. The molecule has 0 spiro atoms. The van der Waals surface area contributed by atoms with Crippen molar-refractivity contribution in [2.75, 3.05) is 10.6 Å². The van der Waals surface area contributed by atoms with Crippen molar-refractivity contribution in [3.05, 3.63) is 96.6 Å². The molecule has 5 aromatic rings. The summed E-state index contributed by atoms with van der Waals surface area (Å²) in [4.78, 5) is 30.9. The Morgan fingerprint density at radius 1 is 0.600 bits per heavy atom. The van der Waals surface area contributed by atoms with Gasteiger partial charge in [-0.1, -0.05) is 24.3 Å². The van der Waals surface area contributed by atoms with Gasteiger partial charge in [-0.25, -0.2) is 0 Å². The molecule has 0 aliphatic heterocycles. The summed E-state index contributed by atoms with van der Waals surface area (Å²) in [5.74, 6) is -0.415. The number of carbonyl (C=O) groups is 2. The van der Waals surface area contributed by atoms with Crippen LogP contribution >= 0.6 is 0 Å². The third kappa shape index (κ3) is 3.20. The maximum atomic E-state index is 12.5. The lowest BCUT2D eigenvalue weighted by atomic mass is 10.0. The lowest BCUT2D eigenvalue weighted by Crippen LogP contribution is -2.13. The van der Waals surface area contributed by atoms with E-state index in [2.05, 4.69) is 26.7 Å². The van der Waals surface area contributed by atoms with E-state index in [1.165, 1.54) is 0 Å². The van der Waals surface area contributed by atoms with Gasteiger partial charge < -0.3 is 20.6 Å². The van der Waals surface area contributed by atoms with Crippen LogP contribution in [-0.4, -0.2) is 21.8 Å². The van der Waals surface area contributed by atoms with Crippen LogP contribution in [0, 0.1) is 0 Å². The number of aromatic amines is 2. The number of benzene rings is 3. The molecule has 6 nitrogen and oxygen atoms in total. The standard InChI is InChI=1S/C24H18N4O2/c29-23(21-9-3-11-25-21)27-19-7-1-5-15-13-16-6-2-8-20(18(16)14-17(15)19)28-24(30)22-10-4-12-26-22/h1-14,25-26H,(H,27,29)(H,28,30). The largest absolute Gasteiger partial charge is 0.357 e. The zero-order valence-corrected chi connectivity index (χ0v) is 15.9. The Bertz CT molecular complexity index is 1270. The predicted molar refractivity (Wildman–Crippen MR) is 119 cm³/mol. The summed E-state index contributed by atoms with van der Waals surface area (Å²) in [6.07, 6.45) is 3.43. The van der Waals surface area contributed by atoms with Crippen LogP contribution < -0.4 is 10.6 Å². The van der Waals surface area contributed by atoms with Gasteiger partial charge in [-0.05, 0) is 59.3 Å². The molecular weight excluding hydrogens is 376 g/mol. The van der Waals surface area contributed by atoms with Crippen LogP contribution in [0.1, 0.15) is 21.0 Å². The van der Waals surface area contributed by atoms with Gasteiger partial charge in [0.1, 0.15) is 11.4 Å². The van der Waals surface area contributed by atoms with E-state index in [0.29, 0.717) is 22.8 Å². The molecule has 3 aromatic carbocycles. The van der Waals surface area contributed by atoms with Gasteiger partial charge in [0, 0.05) is 34.5 Å². The Kier molecular flexibility index (Phi) is 4.29. The van der Waals surface area contributed by atoms with E-state index in [1.54, 1.807) is 36.7 Å². The van der Waals surface area contributed by atoms with E-state index in [4.69, 9.17) is 0 Å². The van der Waals surface area contributed by atoms with Crippen LogP contribution in [0.5, 0.6) is 0 Å². The minimum atomic E-state index is -0.207. The van der Waals surface area contributed by atoms with Crippen LogP contribution in [0.25, 0.3) is 21.5 Å². The van der Waals surface area contributed by atoms with E-state index in [9.17, 15) is 9.59 Å². The van der Waals surface area contributed by atoms with Crippen LogP contribution in [0.15, 0.2) is 85.2 Å². The minimum Gasteiger partial charge on any atom is -0.357 e. The van der Waals surface area contributed by atoms with E-state index in [1.807, 2.05) is 42.5 Å². The molecule has 30 heavy (non-hydrogen) atoms. The van der Waals surface area contributed by atoms with Gasteiger partial charge in [-0.15, -0.1) is 0 Å². The number of hydrogen-bond donors (Lipinski definition) is 4. The predicted octanol–water partition coefficient (Wildman–Crippen LogP) is 5.15. The summed E-state index contributed by atoms with van der Waals surface area (Å²) < 4.78 is 0. The smallest absolute Gasteiger partial charge is 0.272 e. The van der Waals surface area contributed by atoms with Crippen molar-refractivity contribution >= 4 is 44.7 Å². The van der Waals surface area contributed by atoms with Crippen molar-refractivity contribution in [1.82, 2.24) is 9.97 Å². The summed E-state index contributed by atoms with van der Waals surface area (Å²) in [7, 11) is 0. The number of carbonyl (C=O) groups excluding carboxylic acids is 2. The Balaban J connectivity index is 1.58. The molecule has 0 aliphatic rings. The fourth-order valence-electron chi connectivity index (χ4n) is 3.59. The third-order valence-corrected chi connectivity index (χ3v) is 5.06. The molecule has 5 rings (SSSR count). The van der Waals surface area contributed by atoms with E-state index < -0.39 is 0 Å². The highest BCUT2D eigenvalue weighted by Gasteiger charge is 2.12. The summed E-state index contributed by atoms with van der Waals surface area (Å²) in [6.45, 7) is 0. The Morgan fingerprint density at radius 3 is 1.53 bits per heavy atom. The van der Waals surface area contributed by atoms with Gasteiger partial charge in [-0.2, -0.15) is 0 Å². The number of fused-ring (bicyclic) bond motifs is 2. The molecule has 6 heteroatoms. The molecule has 2 amide bonds. The first-order chi connectivity index (χ1) is 14.7. The fourth-order valence-corrected chi connectivity index (χ4v) is 3.59. The van der Waals surface area contributed by atoms with Gasteiger partial charge in [0.05, 0.1) is 0 Å². The Hall–Kier alpha value is -4.32. The zero-order chi connectivity index (χ0) is 20.5. The quantitative estimate of drug-likeness (QED) is 0.317. The first kappa shape index (κ1) is 17.8. The van der Waals surface area contributed by atoms with Gasteiger partial charge in [-0.3, -0.25) is 9.59 Å². The molecule has 0 radical (unpaired) electrons. The second-order valence-corrected chi connectivity index (χ2v) is 6.98. The molecule has 146 valence electrons. The highest BCUT2D eigenvalue weighted by atomic mass is 16.2. The number of anilines is 2. The summed E-state index contributed by atoms with van der Waals surface area (Å²) in [5, 5.41) is 9.73. The number of rotatable bonds is 4. The monoisotopic (exact) mass is 394 g/mol. The van der Waals surface area contributed by atoms with Crippen molar-refractivity contribution in [3.63, 3.8) is 0 Å². The Labute approximate surface area is 171 Å². The van der Waals surface area contributed by atoms with Crippen molar-refractivity contribution in [2.24, 2.45) is 0 Å². The molecule has 0 atom stereocenters. The number of amides is 2. The van der Waals surface area contributed by atoms with Crippen molar-refractivity contribution < 1.29 is 9.59 Å². The van der Waals surface area contributed by atoms with E-state index in [-0.39, 0.29) is 11.8 Å². The van der Waals surface area contributed by atoms with Gasteiger partial charge >= 0.3 is 0 Å². The maximum Gasteiger partial charge on any atom is 0.272 e. The molecule has 0 saturated carbocycles. The van der Waals surface area contributed by atoms with Crippen molar-refractivity contribution in [2.45, 2.75) is 0 Å². The van der Waals surface area contributed by atoms with Gasteiger partial charge in [0.25, 0.3) is 11.8 Å². The molecule has 4 N–H and O–H groups in total. The molecule has 0 fully saturated rings. The second kappa shape index (κ2) is 7.25. The van der Waals surface area contributed by atoms with Crippen LogP contribution in [-0.2, 0) is 0 Å². The van der Waals surface area contributed by atoms with Crippen molar-refractivity contribution in [3.8, 4) is 0 Å². The lowest BCUT2D eigenvalue weighted by Gasteiger charge is -2.12. The second-order valence-electron chi connectivity index (χ2n) is 6.98. The average Bonchev–Trinajstić information content (AvgIpc) is 3.47. The molecule has 0 bridgehead atoms. The van der Waals surface area contributed by atoms with Crippen LogP contribution in [0.4, 0.5) is 11.4 Å². The average molecular weight is 394 g/mol. The molecule has 0 saturated heterocycles. The zero-order valence-electron chi connectivity index (χ0n) is 15.9. The van der Waals surface area contributed by atoms with Gasteiger partial charge in [0.15, 0.2) is 0 Å². The molecule has 2 aromatic heterocycles. The normalized spacial score (nSPS) is 10.9. The topological polar surface area (TPSA) is 89.8 Å². The first-order valence-corrected chi connectivity index (χ1v) is 9.54. The maximum absolute atomic E-state index is 12.5. The molecular formula is C24H18N4O2. The number of hydrogen-bond acceptors (Lipinski definition) is 2. The number of H-pyrrole nitrogens is 2. The molecule has 2 heterocycles. The highest BCUT2D eigenvalue weighted by molar-refractivity contribution is 6.14. The summed E-state index contributed by atoms with van der Waals surface area (Å²) >= 11 is 0. The van der Waals surface area contributed by atoms with E-state index in [0.717, 1.165) is 21.5 Å². The van der Waals surface area contributed by atoms with Crippen LogP contribution in [0.3, 0.4) is 0 Å². The summed E-state index contributed by atoms with van der Waals surface area (Å²) in [6, 6.07) is 22.6. The lowest BCUT2D eigenvalue weighted by molar-refractivity contribution is 0.101. The summed E-state index contributed by atoms with van der Waals surface area (Å²) in [5.41, 5.74) is 2.40. The third-order valence-electron chi connectivity index (χ3n) is 5.06.